The Morgan fingerprint density at radius 1 is 1.08 bits per heavy atom. The lowest BCUT2D eigenvalue weighted by Gasteiger charge is -2.11. The molecule has 25 heavy (non-hydrogen) atoms. The molecule has 0 spiro atoms. The van der Waals surface area contributed by atoms with Gasteiger partial charge in [0.2, 0.25) is 6.79 Å². The molecule has 1 aliphatic rings. The molecule has 128 valence electrons. The fraction of sp³-hybridized carbons (Fsp3) is 0.222. The maximum atomic E-state index is 12.8. The minimum absolute atomic E-state index is 0.149. The van der Waals surface area contributed by atoms with Crippen LogP contribution < -0.4 is 24.5 Å². The van der Waals surface area contributed by atoms with Crippen LogP contribution in [-0.4, -0.2) is 30.6 Å². The van der Waals surface area contributed by atoms with Crippen molar-refractivity contribution in [1.82, 2.24) is 9.55 Å². The van der Waals surface area contributed by atoms with E-state index in [0.717, 1.165) is 5.56 Å². The summed E-state index contributed by atoms with van der Waals surface area (Å²) in [5, 5.41) is 0.473. The van der Waals surface area contributed by atoms with Crippen LogP contribution in [0.4, 0.5) is 0 Å². The van der Waals surface area contributed by atoms with Gasteiger partial charge < -0.3 is 18.9 Å². The first-order chi connectivity index (χ1) is 12.2. The monoisotopic (exact) mass is 340 g/mol. The lowest BCUT2D eigenvalue weighted by molar-refractivity contribution is 0.174. The first-order valence-electron chi connectivity index (χ1n) is 7.69. The highest BCUT2D eigenvalue weighted by atomic mass is 16.7. The zero-order valence-corrected chi connectivity index (χ0v) is 13.8. The number of hydrogen-bond acceptors (Lipinski definition) is 6. The summed E-state index contributed by atoms with van der Waals surface area (Å²) in [7, 11) is 3.08. The Balaban J connectivity index is 1.75. The maximum absolute atomic E-state index is 12.8. The van der Waals surface area contributed by atoms with E-state index in [1.807, 2.05) is 18.2 Å². The molecular formula is C18H16N2O5. The molecule has 7 heteroatoms. The molecule has 0 fully saturated rings. The smallest absolute Gasteiger partial charge is 0.261 e. The van der Waals surface area contributed by atoms with Crippen LogP contribution in [-0.2, 0) is 6.54 Å². The zero-order valence-electron chi connectivity index (χ0n) is 13.8. The van der Waals surface area contributed by atoms with E-state index in [0.29, 0.717) is 40.4 Å². The largest absolute Gasteiger partial charge is 0.493 e. The molecule has 2 aromatic carbocycles. The van der Waals surface area contributed by atoms with Crippen molar-refractivity contribution in [1.29, 1.82) is 0 Å². The highest BCUT2D eigenvalue weighted by molar-refractivity contribution is 5.81. The van der Waals surface area contributed by atoms with Crippen molar-refractivity contribution in [2.45, 2.75) is 6.54 Å². The third-order valence-electron chi connectivity index (χ3n) is 4.12. The van der Waals surface area contributed by atoms with E-state index in [1.165, 1.54) is 13.4 Å². The van der Waals surface area contributed by atoms with Gasteiger partial charge in [-0.25, -0.2) is 4.98 Å². The Hall–Kier alpha value is -3.22. The molecule has 0 amide bonds. The van der Waals surface area contributed by atoms with Crippen LogP contribution in [0.2, 0.25) is 0 Å². The van der Waals surface area contributed by atoms with Crippen LogP contribution in [0.1, 0.15) is 5.56 Å². The van der Waals surface area contributed by atoms with Crippen LogP contribution in [0.5, 0.6) is 23.0 Å². The predicted molar refractivity (Wildman–Crippen MR) is 90.8 cm³/mol. The Morgan fingerprint density at radius 2 is 1.84 bits per heavy atom. The molecule has 4 rings (SSSR count). The average Bonchev–Trinajstić information content (AvgIpc) is 3.11. The number of ether oxygens (including phenoxy) is 4. The third kappa shape index (κ3) is 2.63. The van der Waals surface area contributed by atoms with Crippen LogP contribution in [0.3, 0.4) is 0 Å². The molecule has 0 saturated heterocycles. The first kappa shape index (κ1) is 15.3. The van der Waals surface area contributed by atoms with Gasteiger partial charge in [0.1, 0.15) is 0 Å². The van der Waals surface area contributed by atoms with Gasteiger partial charge in [-0.2, -0.15) is 0 Å². The Labute approximate surface area is 143 Å². The summed E-state index contributed by atoms with van der Waals surface area (Å²) in [6.45, 7) is 0.602. The van der Waals surface area contributed by atoms with E-state index >= 15 is 0 Å². The Bertz CT molecular complexity index is 1010. The summed E-state index contributed by atoms with van der Waals surface area (Å²) in [5.74, 6) is 2.43. The topological polar surface area (TPSA) is 71.8 Å². The van der Waals surface area contributed by atoms with Gasteiger partial charge in [-0.3, -0.25) is 9.36 Å². The molecule has 0 bridgehead atoms. The molecule has 1 aromatic heterocycles. The molecule has 0 unspecified atom stereocenters. The van der Waals surface area contributed by atoms with Crippen LogP contribution in [0, 0.1) is 0 Å². The summed E-state index contributed by atoms with van der Waals surface area (Å²) in [6, 6.07) is 8.96. The second kappa shape index (κ2) is 6.01. The highest BCUT2D eigenvalue weighted by Gasteiger charge is 2.15. The SMILES string of the molecule is COc1cc2ncn(Cc3ccc4c(c3)OCO4)c(=O)c2cc1OC. The van der Waals surface area contributed by atoms with E-state index in [9.17, 15) is 4.79 Å². The number of fused-ring (bicyclic) bond motifs is 2. The van der Waals surface area contributed by atoms with E-state index < -0.39 is 0 Å². The molecule has 0 atom stereocenters. The molecule has 0 saturated carbocycles. The zero-order chi connectivity index (χ0) is 17.4. The van der Waals surface area contributed by atoms with Gasteiger partial charge in [-0.1, -0.05) is 6.07 Å². The molecule has 0 radical (unpaired) electrons. The number of benzene rings is 2. The van der Waals surface area contributed by atoms with Crippen molar-refractivity contribution in [2.24, 2.45) is 0 Å². The average molecular weight is 340 g/mol. The molecular weight excluding hydrogens is 324 g/mol. The van der Waals surface area contributed by atoms with Gasteiger partial charge in [0.15, 0.2) is 23.0 Å². The van der Waals surface area contributed by atoms with Crippen molar-refractivity contribution in [3.8, 4) is 23.0 Å². The van der Waals surface area contributed by atoms with Crippen molar-refractivity contribution in [3.63, 3.8) is 0 Å². The number of hydrogen-bond donors (Lipinski definition) is 0. The molecule has 1 aliphatic heterocycles. The standard InChI is InChI=1S/C18H16N2O5/c1-22-15-6-12-13(7-16(15)23-2)19-9-20(18(12)21)8-11-3-4-14-17(5-11)25-10-24-14/h3-7,9H,8,10H2,1-2H3. The Kier molecular flexibility index (Phi) is 3.68. The van der Waals surface area contributed by atoms with Gasteiger partial charge >= 0.3 is 0 Å². The summed E-state index contributed by atoms with van der Waals surface area (Å²) in [6.07, 6.45) is 1.53. The van der Waals surface area contributed by atoms with E-state index in [2.05, 4.69) is 4.98 Å². The minimum Gasteiger partial charge on any atom is -0.493 e. The van der Waals surface area contributed by atoms with Crippen LogP contribution in [0.25, 0.3) is 10.9 Å². The molecule has 7 nitrogen and oxygen atoms in total. The van der Waals surface area contributed by atoms with E-state index in [-0.39, 0.29) is 12.4 Å². The van der Waals surface area contributed by atoms with Crippen molar-refractivity contribution < 1.29 is 18.9 Å². The fourth-order valence-electron chi connectivity index (χ4n) is 2.83. The molecule has 0 N–H and O–H groups in total. The Morgan fingerprint density at radius 3 is 2.64 bits per heavy atom. The van der Waals surface area contributed by atoms with Gasteiger partial charge in [0, 0.05) is 6.07 Å². The van der Waals surface area contributed by atoms with Crippen molar-refractivity contribution in [2.75, 3.05) is 21.0 Å². The molecule has 3 aromatic rings. The number of methoxy groups -OCH3 is 2. The summed E-state index contributed by atoms with van der Waals surface area (Å²) in [4.78, 5) is 17.2. The normalized spacial score (nSPS) is 12.4. The highest BCUT2D eigenvalue weighted by Crippen LogP contribution is 2.33. The quantitative estimate of drug-likeness (QED) is 0.725. The van der Waals surface area contributed by atoms with E-state index in [1.54, 1.807) is 23.8 Å². The molecule has 2 heterocycles. The van der Waals surface area contributed by atoms with E-state index in [4.69, 9.17) is 18.9 Å². The summed E-state index contributed by atoms with van der Waals surface area (Å²) >= 11 is 0. The van der Waals surface area contributed by atoms with Crippen LogP contribution >= 0.6 is 0 Å². The van der Waals surface area contributed by atoms with Crippen molar-refractivity contribution >= 4 is 10.9 Å². The number of nitrogens with zero attached hydrogens (tertiary/aromatic N) is 2. The maximum Gasteiger partial charge on any atom is 0.261 e. The lowest BCUT2D eigenvalue weighted by atomic mass is 10.2. The lowest BCUT2D eigenvalue weighted by Crippen LogP contribution is -2.21. The van der Waals surface area contributed by atoms with Gasteiger partial charge in [-0.05, 0) is 23.8 Å². The summed E-state index contributed by atoms with van der Waals surface area (Å²) < 4.78 is 22.8. The summed E-state index contributed by atoms with van der Waals surface area (Å²) in [5.41, 5.74) is 1.33. The van der Waals surface area contributed by atoms with Gasteiger partial charge in [0.25, 0.3) is 5.56 Å². The fourth-order valence-corrected chi connectivity index (χ4v) is 2.83. The first-order valence-corrected chi connectivity index (χ1v) is 7.69. The van der Waals surface area contributed by atoms with Crippen LogP contribution in [0.15, 0.2) is 41.5 Å². The number of rotatable bonds is 4. The second-order valence-electron chi connectivity index (χ2n) is 5.59. The minimum atomic E-state index is -0.149. The second-order valence-corrected chi connectivity index (χ2v) is 5.59. The third-order valence-corrected chi connectivity index (χ3v) is 4.12. The van der Waals surface area contributed by atoms with Gasteiger partial charge in [0.05, 0.1) is 38.0 Å². The number of aromatic nitrogens is 2. The predicted octanol–water partition coefficient (Wildman–Crippen LogP) is 2.19. The van der Waals surface area contributed by atoms with Crippen molar-refractivity contribution in [3.05, 3.63) is 52.6 Å². The van der Waals surface area contributed by atoms with Gasteiger partial charge in [-0.15, -0.1) is 0 Å². The molecule has 0 aliphatic carbocycles.